The van der Waals surface area contributed by atoms with Gasteiger partial charge in [-0.3, -0.25) is 0 Å². The third-order valence-corrected chi connectivity index (χ3v) is 3.91. The van der Waals surface area contributed by atoms with Crippen molar-refractivity contribution in [3.8, 4) is 0 Å². The quantitative estimate of drug-likeness (QED) is 0.648. The van der Waals surface area contributed by atoms with Crippen LogP contribution >= 0.6 is 0 Å². The minimum atomic E-state index is 0.532. The zero-order chi connectivity index (χ0) is 11.6. The van der Waals surface area contributed by atoms with Gasteiger partial charge in [-0.1, -0.05) is 58.3 Å². The lowest BCUT2D eigenvalue weighted by molar-refractivity contribution is 0.0143. The van der Waals surface area contributed by atoms with Gasteiger partial charge in [-0.2, -0.15) is 0 Å². The van der Waals surface area contributed by atoms with Crippen LogP contribution in [0.3, 0.4) is 0 Å². The number of hydrogen-bond donors (Lipinski definition) is 0. The molecule has 0 bridgehead atoms. The molecule has 0 aromatic rings. The van der Waals surface area contributed by atoms with Crippen molar-refractivity contribution in [1.29, 1.82) is 0 Å². The van der Waals surface area contributed by atoms with E-state index in [1.807, 2.05) is 0 Å². The summed E-state index contributed by atoms with van der Waals surface area (Å²) in [5.41, 5.74) is 0. The van der Waals surface area contributed by atoms with Crippen LogP contribution in [0.15, 0.2) is 0 Å². The smallest absolute Gasteiger partial charge is 0.0600 e. The van der Waals surface area contributed by atoms with Crippen LogP contribution in [0.1, 0.15) is 78.1 Å². The van der Waals surface area contributed by atoms with E-state index in [0.29, 0.717) is 6.10 Å². The van der Waals surface area contributed by atoms with Gasteiger partial charge in [0.25, 0.3) is 0 Å². The van der Waals surface area contributed by atoms with Crippen LogP contribution in [0.25, 0.3) is 0 Å². The largest absolute Gasteiger partial charge is 0.378 e. The molecule has 2 atom stereocenters. The summed E-state index contributed by atoms with van der Waals surface area (Å²) in [6, 6.07) is 0. The maximum absolute atomic E-state index is 5.90. The molecule has 1 nitrogen and oxygen atoms in total. The van der Waals surface area contributed by atoms with Gasteiger partial charge >= 0.3 is 0 Å². The monoisotopic (exact) mass is 226 g/mol. The summed E-state index contributed by atoms with van der Waals surface area (Å²) in [5.74, 6) is 0.763. The highest BCUT2D eigenvalue weighted by Crippen LogP contribution is 2.23. The zero-order valence-corrected chi connectivity index (χ0v) is 11.3. The molecule has 0 amide bonds. The number of hydrogen-bond acceptors (Lipinski definition) is 1. The van der Waals surface area contributed by atoms with Crippen molar-refractivity contribution >= 4 is 0 Å². The maximum Gasteiger partial charge on any atom is 0.0600 e. The molecule has 0 aliphatic heterocycles. The summed E-state index contributed by atoms with van der Waals surface area (Å²) in [5, 5.41) is 0. The summed E-state index contributed by atoms with van der Waals surface area (Å²) >= 11 is 0. The molecular weight excluding hydrogens is 196 g/mol. The molecule has 0 aromatic carbocycles. The van der Waals surface area contributed by atoms with E-state index in [1.54, 1.807) is 0 Å². The average molecular weight is 226 g/mol. The molecule has 0 spiro atoms. The molecule has 0 saturated heterocycles. The van der Waals surface area contributed by atoms with E-state index in [4.69, 9.17) is 4.74 Å². The molecule has 96 valence electrons. The van der Waals surface area contributed by atoms with Crippen molar-refractivity contribution in [2.45, 2.75) is 84.2 Å². The minimum Gasteiger partial charge on any atom is -0.378 e. The van der Waals surface area contributed by atoms with Gasteiger partial charge in [0, 0.05) is 6.61 Å². The van der Waals surface area contributed by atoms with Crippen molar-refractivity contribution in [2.24, 2.45) is 5.92 Å². The van der Waals surface area contributed by atoms with Crippen LogP contribution in [-0.4, -0.2) is 12.7 Å². The van der Waals surface area contributed by atoms with Crippen LogP contribution in [0.2, 0.25) is 0 Å². The van der Waals surface area contributed by atoms with Gasteiger partial charge in [-0.25, -0.2) is 0 Å². The predicted octanol–water partition coefficient (Wildman–Crippen LogP) is 4.94. The van der Waals surface area contributed by atoms with Gasteiger partial charge in [-0.05, 0) is 25.7 Å². The topological polar surface area (TPSA) is 9.23 Å². The Bertz CT molecular complexity index is 156. The van der Waals surface area contributed by atoms with Crippen molar-refractivity contribution in [2.75, 3.05) is 6.61 Å². The lowest BCUT2D eigenvalue weighted by Gasteiger charge is -2.24. The lowest BCUT2D eigenvalue weighted by Crippen LogP contribution is -2.22. The normalized spacial score (nSPS) is 30.4. The molecule has 1 unspecified atom stereocenters. The van der Waals surface area contributed by atoms with E-state index >= 15 is 0 Å². The standard InChI is InChI=1S/C15H30O/c1-3-16-15-13-11-9-7-5-4-6-8-10-12-14(15)2/h14-15H,3-13H2,1-2H3/t14-,15?/m0/s1. The molecule has 0 N–H and O–H groups in total. The Labute approximate surface area is 102 Å². The summed E-state index contributed by atoms with van der Waals surface area (Å²) < 4.78 is 5.90. The lowest BCUT2D eigenvalue weighted by atomic mass is 9.92. The first kappa shape index (κ1) is 14.0. The first-order valence-electron chi connectivity index (χ1n) is 7.46. The van der Waals surface area contributed by atoms with Crippen LogP contribution in [0.4, 0.5) is 0 Å². The van der Waals surface area contributed by atoms with Gasteiger partial charge in [0.05, 0.1) is 6.10 Å². The van der Waals surface area contributed by atoms with Gasteiger partial charge in [-0.15, -0.1) is 0 Å². The molecule has 1 saturated carbocycles. The first-order chi connectivity index (χ1) is 7.84. The van der Waals surface area contributed by atoms with Crippen LogP contribution in [0, 0.1) is 5.92 Å². The second-order valence-corrected chi connectivity index (χ2v) is 5.38. The van der Waals surface area contributed by atoms with Crippen LogP contribution in [0.5, 0.6) is 0 Å². The van der Waals surface area contributed by atoms with Crippen LogP contribution < -0.4 is 0 Å². The second kappa shape index (κ2) is 9.04. The Morgan fingerprint density at radius 2 is 1.31 bits per heavy atom. The fraction of sp³-hybridized carbons (Fsp3) is 1.00. The maximum atomic E-state index is 5.90. The highest BCUT2D eigenvalue weighted by atomic mass is 16.5. The average Bonchev–Trinajstić information content (AvgIpc) is 2.28. The highest BCUT2D eigenvalue weighted by molar-refractivity contribution is 4.68. The molecule has 1 fully saturated rings. The number of ether oxygens (including phenoxy) is 1. The van der Waals surface area contributed by atoms with E-state index in [0.717, 1.165) is 12.5 Å². The Morgan fingerprint density at radius 3 is 1.88 bits per heavy atom. The first-order valence-corrected chi connectivity index (χ1v) is 7.46. The van der Waals surface area contributed by atoms with E-state index in [-0.39, 0.29) is 0 Å². The van der Waals surface area contributed by atoms with E-state index in [9.17, 15) is 0 Å². The molecule has 0 heterocycles. The van der Waals surface area contributed by atoms with Crippen molar-refractivity contribution < 1.29 is 4.74 Å². The van der Waals surface area contributed by atoms with Crippen LogP contribution in [-0.2, 0) is 4.74 Å². The summed E-state index contributed by atoms with van der Waals surface area (Å²) in [7, 11) is 0. The Morgan fingerprint density at radius 1 is 0.812 bits per heavy atom. The Hall–Kier alpha value is -0.0400. The van der Waals surface area contributed by atoms with Gasteiger partial charge in [0.1, 0.15) is 0 Å². The van der Waals surface area contributed by atoms with E-state index < -0.39 is 0 Å². The number of rotatable bonds is 2. The molecule has 1 heteroatoms. The third kappa shape index (κ3) is 5.89. The fourth-order valence-corrected chi connectivity index (χ4v) is 2.80. The molecule has 16 heavy (non-hydrogen) atoms. The molecule has 1 aliphatic rings. The molecule has 1 rings (SSSR count). The van der Waals surface area contributed by atoms with Crippen molar-refractivity contribution in [3.63, 3.8) is 0 Å². The van der Waals surface area contributed by atoms with Gasteiger partial charge < -0.3 is 4.74 Å². The Kier molecular flexibility index (Phi) is 7.92. The van der Waals surface area contributed by atoms with Gasteiger partial charge in [0.15, 0.2) is 0 Å². The molecule has 0 radical (unpaired) electrons. The van der Waals surface area contributed by atoms with E-state index in [1.165, 1.54) is 64.2 Å². The zero-order valence-electron chi connectivity index (χ0n) is 11.3. The minimum absolute atomic E-state index is 0.532. The summed E-state index contributed by atoms with van der Waals surface area (Å²) in [6.07, 6.45) is 14.6. The highest BCUT2D eigenvalue weighted by Gasteiger charge is 2.17. The summed E-state index contributed by atoms with van der Waals surface area (Å²) in [4.78, 5) is 0. The fourth-order valence-electron chi connectivity index (χ4n) is 2.80. The van der Waals surface area contributed by atoms with Crippen molar-refractivity contribution in [1.82, 2.24) is 0 Å². The van der Waals surface area contributed by atoms with Crippen molar-refractivity contribution in [3.05, 3.63) is 0 Å². The summed E-state index contributed by atoms with van der Waals surface area (Å²) in [6.45, 7) is 5.39. The molecular formula is C15H30O. The predicted molar refractivity (Wildman–Crippen MR) is 70.7 cm³/mol. The SMILES string of the molecule is CCOC1CCCCCCCCCC[C@@H]1C. The Balaban J connectivity index is 2.33. The van der Waals surface area contributed by atoms with Gasteiger partial charge in [0.2, 0.25) is 0 Å². The second-order valence-electron chi connectivity index (χ2n) is 5.38. The third-order valence-electron chi connectivity index (χ3n) is 3.91. The molecule has 1 aliphatic carbocycles. The van der Waals surface area contributed by atoms with E-state index in [2.05, 4.69) is 13.8 Å². The molecule has 0 aromatic heterocycles.